The first-order chi connectivity index (χ1) is 9.31. The second-order valence-electron chi connectivity index (χ2n) is 6.72. The maximum atomic E-state index is 13.1. The predicted molar refractivity (Wildman–Crippen MR) is 80.2 cm³/mol. The summed E-state index contributed by atoms with van der Waals surface area (Å²) in [5, 5.41) is 11.2. The molecular formula is C16H23ClFNO. The molecule has 1 aromatic rings. The Labute approximate surface area is 125 Å². The van der Waals surface area contributed by atoms with Gasteiger partial charge in [0.2, 0.25) is 0 Å². The summed E-state index contributed by atoms with van der Waals surface area (Å²) in [6.07, 6.45) is 3.03. The lowest BCUT2D eigenvalue weighted by Gasteiger charge is -2.49. The highest BCUT2D eigenvalue weighted by Crippen LogP contribution is 2.48. The molecule has 1 aliphatic rings. The molecule has 1 saturated carbocycles. The van der Waals surface area contributed by atoms with Gasteiger partial charge in [-0.05, 0) is 42.4 Å². The van der Waals surface area contributed by atoms with Crippen molar-refractivity contribution in [3.05, 3.63) is 34.6 Å². The van der Waals surface area contributed by atoms with Crippen molar-refractivity contribution in [3.63, 3.8) is 0 Å². The van der Waals surface area contributed by atoms with Gasteiger partial charge in [0.05, 0.1) is 6.10 Å². The average Bonchev–Trinajstić information content (AvgIpc) is 2.38. The van der Waals surface area contributed by atoms with E-state index in [1.165, 1.54) is 12.1 Å². The van der Waals surface area contributed by atoms with Gasteiger partial charge in [-0.2, -0.15) is 0 Å². The summed E-state index contributed by atoms with van der Waals surface area (Å²) in [6.45, 7) is 4.56. The third-order valence-electron chi connectivity index (χ3n) is 4.78. The number of aliphatic hydroxyl groups is 1. The normalized spacial score (nSPS) is 29.4. The van der Waals surface area contributed by atoms with E-state index in [2.05, 4.69) is 13.8 Å². The van der Waals surface area contributed by atoms with Gasteiger partial charge in [-0.1, -0.05) is 37.9 Å². The molecule has 2 nitrogen and oxygen atoms in total. The van der Waals surface area contributed by atoms with Gasteiger partial charge in [-0.3, -0.25) is 0 Å². The van der Waals surface area contributed by atoms with E-state index in [-0.39, 0.29) is 16.6 Å². The Hall–Kier alpha value is -0.640. The molecule has 0 aromatic heterocycles. The largest absolute Gasteiger partial charge is 0.392 e. The summed E-state index contributed by atoms with van der Waals surface area (Å²) in [5.74, 6) is -0.343. The van der Waals surface area contributed by atoms with Crippen LogP contribution < -0.4 is 5.73 Å². The fourth-order valence-corrected chi connectivity index (χ4v) is 3.75. The molecule has 2 atom stereocenters. The topological polar surface area (TPSA) is 46.2 Å². The SMILES string of the molecule is CC1(C)CCCC(CN)(Cc2ccc(F)cc2Cl)C1O. The summed E-state index contributed by atoms with van der Waals surface area (Å²) in [4.78, 5) is 0. The number of rotatable bonds is 3. The minimum absolute atomic E-state index is 0.149. The Morgan fingerprint density at radius 3 is 2.70 bits per heavy atom. The highest BCUT2D eigenvalue weighted by atomic mass is 35.5. The van der Waals surface area contributed by atoms with Crippen LogP contribution in [0.2, 0.25) is 5.02 Å². The van der Waals surface area contributed by atoms with Gasteiger partial charge in [-0.15, -0.1) is 0 Å². The van der Waals surface area contributed by atoms with E-state index >= 15 is 0 Å². The number of halogens is 2. The molecule has 0 bridgehead atoms. The number of aliphatic hydroxyl groups excluding tert-OH is 1. The summed E-state index contributed by atoms with van der Waals surface area (Å²) >= 11 is 6.12. The summed E-state index contributed by atoms with van der Waals surface area (Å²) < 4.78 is 13.1. The maximum absolute atomic E-state index is 13.1. The quantitative estimate of drug-likeness (QED) is 0.897. The van der Waals surface area contributed by atoms with Crippen molar-refractivity contribution in [3.8, 4) is 0 Å². The molecule has 4 heteroatoms. The molecule has 1 fully saturated rings. The zero-order valence-electron chi connectivity index (χ0n) is 12.1. The zero-order chi connectivity index (χ0) is 15.0. The van der Waals surface area contributed by atoms with Gasteiger partial charge in [0.15, 0.2) is 0 Å². The number of benzene rings is 1. The lowest BCUT2D eigenvalue weighted by atomic mass is 9.59. The van der Waals surface area contributed by atoms with E-state index in [1.54, 1.807) is 6.07 Å². The van der Waals surface area contributed by atoms with Crippen molar-refractivity contribution in [1.29, 1.82) is 0 Å². The van der Waals surface area contributed by atoms with Crippen LogP contribution in [-0.2, 0) is 6.42 Å². The van der Waals surface area contributed by atoms with Crippen LogP contribution in [0.4, 0.5) is 4.39 Å². The average molecular weight is 300 g/mol. The molecule has 0 heterocycles. The van der Waals surface area contributed by atoms with E-state index < -0.39 is 6.10 Å². The van der Waals surface area contributed by atoms with Crippen molar-refractivity contribution in [2.75, 3.05) is 6.54 Å². The van der Waals surface area contributed by atoms with Gasteiger partial charge in [0.1, 0.15) is 5.82 Å². The summed E-state index contributed by atoms with van der Waals surface area (Å²) in [6, 6.07) is 4.43. The highest BCUT2D eigenvalue weighted by molar-refractivity contribution is 6.31. The Bertz CT molecular complexity index is 491. The smallest absolute Gasteiger partial charge is 0.124 e. The van der Waals surface area contributed by atoms with Crippen LogP contribution >= 0.6 is 11.6 Å². The highest BCUT2D eigenvalue weighted by Gasteiger charge is 2.47. The number of nitrogens with two attached hydrogens (primary N) is 1. The lowest BCUT2D eigenvalue weighted by molar-refractivity contribution is -0.0884. The fourth-order valence-electron chi connectivity index (χ4n) is 3.51. The Morgan fingerprint density at radius 2 is 2.10 bits per heavy atom. The minimum Gasteiger partial charge on any atom is -0.392 e. The fraction of sp³-hybridized carbons (Fsp3) is 0.625. The van der Waals surface area contributed by atoms with E-state index in [1.807, 2.05) is 0 Å². The van der Waals surface area contributed by atoms with Crippen molar-refractivity contribution in [2.24, 2.45) is 16.6 Å². The van der Waals surface area contributed by atoms with Gasteiger partial charge in [0.25, 0.3) is 0 Å². The molecule has 2 unspecified atom stereocenters. The summed E-state index contributed by atoms with van der Waals surface area (Å²) in [5.41, 5.74) is 6.34. The van der Waals surface area contributed by atoms with Crippen molar-refractivity contribution in [1.82, 2.24) is 0 Å². The van der Waals surface area contributed by atoms with E-state index in [9.17, 15) is 9.50 Å². The maximum Gasteiger partial charge on any atom is 0.124 e. The first kappa shape index (κ1) is 15.7. The van der Waals surface area contributed by atoms with Crippen LogP contribution in [0.5, 0.6) is 0 Å². The third kappa shape index (κ3) is 2.85. The van der Waals surface area contributed by atoms with Crippen molar-refractivity contribution in [2.45, 2.75) is 45.6 Å². The van der Waals surface area contributed by atoms with Crippen LogP contribution in [0.15, 0.2) is 18.2 Å². The van der Waals surface area contributed by atoms with Gasteiger partial charge >= 0.3 is 0 Å². The molecule has 0 aliphatic heterocycles. The minimum atomic E-state index is -0.477. The molecule has 0 spiro atoms. The number of hydrogen-bond acceptors (Lipinski definition) is 2. The zero-order valence-corrected chi connectivity index (χ0v) is 12.9. The predicted octanol–water partition coefficient (Wildman–Crippen LogP) is 3.54. The van der Waals surface area contributed by atoms with Gasteiger partial charge in [-0.25, -0.2) is 4.39 Å². The molecule has 112 valence electrons. The second kappa shape index (κ2) is 5.63. The molecule has 1 aliphatic carbocycles. The van der Waals surface area contributed by atoms with Gasteiger partial charge < -0.3 is 10.8 Å². The standard InChI is InChI=1S/C16H23ClFNO/c1-15(2)6-3-7-16(10-19,14(15)20)9-11-4-5-12(18)8-13(11)17/h4-5,8,14,20H,3,6-7,9-10,19H2,1-2H3. The Morgan fingerprint density at radius 1 is 1.40 bits per heavy atom. The molecule has 0 saturated heterocycles. The second-order valence-corrected chi connectivity index (χ2v) is 7.13. The van der Waals surface area contributed by atoms with E-state index in [0.29, 0.717) is 18.0 Å². The molecule has 1 aromatic carbocycles. The molecule has 0 radical (unpaired) electrons. The lowest BCUT2D eigenvalue weighted by Crippen LogP contribution is -2.53. The summed E-state index contributed by atoms with van der Waals surface area (Å²) in [7, 11) is 0. The molecular weight excluding hydrogens is 277 g/mol. The van der Waals surface area contributed by atoms with Crippen LogP contribution in [0.25, 0.3) is 0 Å². The van der Waals surface area contributed by atoms with Crippen LogP contribution in [0, 0.1) is 16.6 Å². The third-order valence-corrected chi connectivity index (χ3v) is 5.13. The number of hydrogen-bond donors (Lipinski definition) is 2. The van der Waals surface area contributed by atoms with Crippen LogP contribution in [0.3, 0.4) is 0 Å². The molecule has 20 heavy (non-hydrogen) atoms. The molecule has 3 N–H and O–H groups in total. The Kier molecular flexibility index (Phi) is 4.43. The van der Waals surface area contributed by atoms with Crippen molar-refractivity contribution >= 4 is 11.6 Å². The molecule has 0 amide bonds. The van der Waals surface area contributed by atoms with Crippen LogP contribution in [0.1, 0.15) is 38.7 Å². The van der Waals surface area contributed by atoms with Crippen molar-refractivity contribution < 1.29 is 9.50 Å². The van der Waals surface area contributed by atoms with E-state index in [4.69, 9.17) is 17.3 Å². The monoisotopic (exact) mass is 299 g/mol. The molecule has 2 rings (SSSR count). The van der Waals surface area contributed by atoms with E-state index in [0.717, 1.165) is 24.8 Å². The van der Waals surface area contributed by atoms with Crippen LogP contribution in [-0.4, -0.2) is 17.8 Å². The Balaban J connectivity index is 2.32. The van der Waals surface area contributed by atoms with Gasteiger partial charge in [0, 0.05) is 17.0 Å². The first-order valence-electron chi connectivity index (χ1n) is 7.13. The first-order valence-corrected chi connectivity index (χ1v) is 7.51.